The SMILES string of the molecule is CCCC(CC)N1CCCN(CC(=O)O)CC1. The molecule has 1 saturated heterocycles. The molecule has 4 heteroatoms. The molecule has 0 spiro atoms. The molecule has 0 radical (unpaired) electrons. The van der Waals surface area contributed by atoms with Crippen molar-refractivity contribution in [2.45, 2.75) is 45.6 Å². The third-order valence-electron chi connectivity index (χ3n) is 3.59. The highest BCUT2D eigenvalue weighted by molar-refractivity contribution is 5.69. The minimum absolute atomic E-state index is 0.193. The molecule has 17 heavy (non-hydrogen) atoms. The number of aliphatic carboxylic acids is 1. The van der Waals surface area contributed by atoms with E-state index in [1.807, 2.05) is 0 Å². The number of nitrogens with zero attached hydrogens (tertiary/aromatic N) is 2. The standard InChI is InChI=1S/C13H26N2O2/c1-3-6-12(4-2)15-8-5-7-14(9-10-15)11-13(16)17/h12H,3-11H2,1-2H3,(H,16,17). The molecule has 0 saturated carbocycles. The molecule has 1 unspecified atom stereocenters. The second kappa shape index (κ2) is 7.67. The molecular weight excluding hydrogens is 216 g/mol. The molecular formula is C13H26N2O2. The van der Waals surface area contributed by atoms with Crippen LogP contribution in [0.4, 0.5) is 0 Å². The van der Waals surface area contributed by atoms with Gasteiger partial charge in [-0.05, 0) is 25.8 Å². The summed E-state index contributed by atoms with van der Waals surface area (Å²) >= 11 is 0. The zero-order valence-corrected chi connectivity index (χ0v) is 11.2. The van der Waals surface area contributed by atoms with Crippen LogP contribution >= 0.6 is 0 Å². The van der Waals surface area contributed by atoms with E-state index >= 15 is 0 Å². The minimum Gasteiger partial charge on any atom is -0.480 e. The van der Waals surface area contributed by atoms with E-state index in [0.29, 0.717) is 6.04 Å². The number of hydrogen-bond donors (Lipinski definition) is 1. The summed E-state index contributed by atoms with van der Waals surface area (Å²) in [6.07, 6.45) is 4.78. The van der Waals surface area contributed by atoms with Gasteiger partial charge in [-0.3, -0.25) is 14.6 Å². The molecule has 1 rings (SSSR count). The fraction of sp³-hybridized carbons (Fsp3) is 0.923. The molecule has 100 valence electrons. The first kappa shape index (κ1) is 14.5. The van der Waals surface area contributed by atoms with E-state index in [0.717, 1.165) is 32.6 Å². The van der Waals surface area contributed by atoms with Crippen LogP contribution in [-0.4, -0.2) is 59.6 Å². The summed E-state index contributed by atoms with van der Waals surface area (Å²) in [5.74, 6) is -0.709. The highest BCUT2D eigenvalue weighted by Gasteiger charge is 2.21. The topological polar surface area (TPSA) is 43.8 Å². The van der Waals surface area contributed by atoms with E-state index in [9.17, 15) is 4.79 Å². The van der Waals surface area contributed by atoms with Crippen LogP contribution in [0.3, 0.4) is 0 Å². The monoisotopic (exact) mass is 242 g/mol. The Labute approximate surface area is 105 Å². The Morgan fingerprint density at radius 3 is 2.59 bits per heavy atom. The third kappa shape index (κ3) is 5.04. The maximum Gasteiger partial charge on any atom is 0.317 e. The van der Waals surface area contributed by atoms with E-state index < -0.39 is 5.97 Å². The highest BCUT2D eigenvalue weighted by Crippen LogP contribution is 2.14. The quantitative estimate of drug-likeness (QED) is 0.769. The minimum atomic E-state index is -0.709. The van der Waals surface area contributed by atoms with Gasteiger partial charge in [0.25, 0.3) is 0 Å². The summed E-state index contributed by atoms with van der Waals surface area (Å²) in [4.78, 5) is 15.3. The molecule has 1 N–H and O–H groups in total. The molecule has 0 aliphatic carbocycles. The smallest absolute Gasteiger partial charge is 0.317 e. The number of carbonyl (C=O) groups is 1. The summed E-state index contributed by atoms with van der Waals surface area (Å²) in [7, 11) is 0. The Balaban J connectivity index is 2.42. The Hall–Kier alpha value is -0.610. The molecule has 0 amide bonds. The van der Waals surface area contributed by atoms with Crippen molar-refractivity contribution in [3.8, 4) is 0 Å². The van der Waals surface area contributed by atoms with E-state index in [-0.39, 0.29) is 6.54 Å². The fourth-order valence-corrected chi connectivity index (χ4v) is 2.68. The first-order valence-electron chi connectivity index (χ1n) is 6.85. The fourth-order valence-electron chi connectivity index (χ4n) is 2.68. The van der Waals surface area contributed by atoms with Crippen LogP contribution in [0.25, 0.3) is 0 Å². The van der Waals surface area contributed by atoms with Crippen molar-refractivity contribution in [2.24, 2.45) is 0 Å². The van der Waals surface area contributed by atoms with Gasteiger partial charge in [-0.15, -0.1) is 0 Å². The molecule has 1 aliphatic rings. The molecule has 1 atom stereocenters. The van der Waals surface area contributed by atoms with Crippen LogP contribution in [0.5, 0.6) is 0 Å². The van der Waals surface area contributed by atoms with Crippen LogP contribution in [0.15, 0.2) is 0 Å². The van der Waals surface area contributed by atoms with Gasteiger partial charge in [0.05, 0.1) is 6.54 Å². The predicted molar refractivity (Wildman–Crippen MR) is 69.3 cm³/mol. The molecule has 1 heterocycles. The zero-order chi connectivity index (χ0) is 12.7. The lowest BCUT2D eigenvalue weighted by Gasteiger charge is -2.29. The predicted octanol–water partition coefficient (Wildman–Crippen LogP) is 1.66. The van der Waals surface area contributed by atoms with Gasteiger partial charge in [-0.2, -0.15) is 0 Å². The maximum absolute atomic E-state index is 10.7. The maximum atomic E-state index is 10.7. The van der Waals surface area contributed by atoms with E-state index in [2.05, 4.69) is 23.6 Å². The number of carboxylic acids is 1. The van der Waals surface area contributed by atoms with Crippen molar-refractivity contribution in [2.75, 3.05) is 32.7 Å². The lowest BCUT2D eigenvalue weighted by atomic mass is 10.1. The van der Waals surface area contributed by atoms with Crippen molar-refractivity contribution in [3.05, 3.63) is 0 Å². The molecule has 1 aliphatic heterocycles. The van der Waals surface area contributed by atoms with Crippen molar-refractivity contribution < 1.29 is 9.90 Å². The molecule has 0 aromatic heterocycles. The zero-order valence-electron chi connectivity index (χ0n) is 11.2. The van der Waals surface area contributed by atoms with Gasteiger partial charge in [0.15, 0.2) is 0 Å². The van der Waals surface area contributed by atoms with Gasteiger partial charge in [0, 0.05) is 25.7 Å². The summed E-state index contributed by atoms with van der Waals surface area (Å²) in [5, 5.41) is 8.81. The number of rotatable bonds is 6. The van der Waals surface area contributed by atoms with Gasteiger partial charge in [-0.1, -0.05) is 20.3 Å². The second-order valence-corrected chi connectivity index (χ2v) is 4.91. The number of carboxylic acid groups (broad SMARTS) is 1. The summed E-state index contributed by atoms with van der Waals surface area (Å²) in [5.41, 5.74) is 0. The van der Waals surface area contributed by atoms with E-state index in [1.165, 1.54) is 19.3 Å². The molecule has 0 aromatic rings. The van der Waals surface area contributed by atoms with Crippen LogP contribution in [0.2, 0.25) is 0 Å². The molecule has 0 bridgehead atoms. The Morgan fingerprint density at radius 2 is 2.00 bits per heavy atom. The average molecular weight is 242 g/mol. The van der Waals surface area contributed by atoms with Crippen LogP contribution in [-0.2, 0) is 4.79 Å². The third-order valence-corrected chi connectivity index (χ3v) is 3.59. The van der Waals surface area contributed by atoms with Crippen LogP contribution in [0.1, 0.15) is 39.5 Å². The van der Waals surface area contributed by atoms with Crippen LogP contribution < -0.4 is 0 Å². The number of hydrogen-bond acceptors (Lipinski definition) is 3. The normalized spacial score (nSPS) is 21.1. The molecule has 1 fully saturated rings. The second-order valence-electron chi connectivity index (χ2n) is 4.91. The van der Waals surface area contributed by atoms with Crippen molar-refractivity contribution in [1.29, 1.82) is 0 Å². The Kier molecular flexibility index (Phi) is 6.52. The highest BCUT2D eigenvalue weighted by atomic mass is 16.4. The Morgan fingerprint density at radius 1 is 1.24 bits per heavy atom. The average Bonchev–Trinajstić information content (AvgIpc) is 2.51. The first-order valence-corrected chi connectivity index (χ1v) is 6.85. The summed E-state index contributed by atoms with van der Waals surface area (Å²) < 4.78 is 0. The Bertz CT molecular complexity index is 233. The first-order chi connectivity index (χ1) is 8.17. The van der Waals surface area contributed by atoms with Crippen molar-refractivity contribution in [3.63, 3.8) is 0 Å². The van der Waals surface area contributed by atoms with Crippen molar-refractivity contribution in [1.82, 2.24) is 9.80 Å². The van der Waals surface area contributed by atoms with Gasteiger partial charge >= 0.3 is 5.97 Å². The lowest BCUT2D eigenvalue weighted by Crippen LogP contribution is -2.38. The molecule has 0 aromatic carbocycles. The van der Waals surface area contributed by atoms with Gasteiger partial charge in [0.2, 0.25) is 0 Å². The van der Waals surface area contributed by atoms with E-state index in [4.69, 9.17) is 5.11 Å². The van der Waals surface area contributed by atoms with Gasteiger partial charge < -0.3 is 5.11 Å². The largest absolute Gasteiger partial charge is 0.480 e. The van der Waals surface area contributed by atoms with E-state index in [1.54, 1.807) is 0 Å². The lowest BCUT2D eigenvalue weighted by molar-refractivity contribution is -0.138. The van der Waals surface area contributed by atoms with Crippen LogP contribution in [0, 0.1) is 0 Å². The summed E-state index contributed by atoms with van der Waals surface area (Å²) in [6, 6.07) is 0.685. The molecule has 4 nitrogen and oxygen atoms in total. The van der Waals surface area contributed by atoms with Gasteiger partial charge in [-0.25, -0.2) is 0 Å². The van der Waals surface area contributed by atoms with Gasteiger partial charge in [0.1, 0.15) is 0 Å². The van der Waals surface area contributed by atoms with Crippen molar-refractivity contribution >= 4 is 5.97 Å². The summed E-state index contributed by atoms with van der Waals surface area (Å²) in [6.45, 7) is 8.63.